The van der Waals surface area contributed by atoms with Crippen LogP contribution in [0.25, 0.3) is 0 Å². The molecule has 2 aromatic carbocycles. The van der Waals surface area contributed by atoms with Crippen LogP contribution in [0.1, 0.15) is 29.9 Å². The molecule has 0 fully saturated rings. The van der Waals surface area contributed by atoms with E-state index in [2.05, 4.69) is 17.4 Å². The van der Waals surface area contributed by atoms with Crippen LogP contribution in [0, 0.1) is 17.5 Å². The lowest BCUT2D eigenvalue weighted by Gasteiger charge is -2.26. The summed E-state index contributed by atoms with van der Waals surface area (Å²) in [5.74, 6) is -2.70. The SMILES string of the molecule is Fc1cc(F)c(NCC2CCCc3ccccc32)cc1F. The Balaban J connectivity index is 1.76. The third kappa shape index (κ3) is 2.89. The number of fused-ring (bicyclic) bond motifs is 1. The Hall–Kier alpha value is -1.97. The maximum atomic E-state index is 13.6. The zero-order valence-electron chi connectivity index (χ0n) is 11.5. The van der Waals surface area contributed by atoms with Gasteiger partial charge in [-0.15, -0.1) is 0 Å². The van der Waals surface area contributed by atoms with E-state index in [1.54, 1.807) is 0 Å². The van der Waals surface area contributed by atoms with Gasteiger partial charge in [-0.3, -0.25) is 0 Å². The molecule has 0 saturated carbocycles. The molecule has 2 aromatic rings. The van der Waals surface area contributed by atoms with E-state index in [1.165, 1.54) is 11.1 Å². The average Bonchev–Trinajstić information content (AvgIpc) is 2.49. The summed E-state index contributed by atoms with van der Waals surface area (Å²) in [5.41, 5.74) is 2.59. The predicted octanol–water partition coefficient (Wildman–Crippen LogP) is 4.64. The zero-order valence-corrected chi connectivity index (χ0v) is 11.5. The van der Waals surface area contributed by atoms with Gasteiger partial charge in [0.1, 0.15) is 5.82 Å². The van der Waals surface area contributed by atoms with Crippen molar-refractivity contribution >= 4 is 5.69 Å². The molecular weight excluding hydrogens is 275 g/mol. The Morgan fingerprint density at radius 2 is 1.76 bits per heavy atom. The maximum absolute atomic E-state index is 13.6. The van der Waals surface area contributed by atoms with Gasteiger partial charge in [-0.25, -0.2) is 13.2 Å². The van der Waals surface area contributed by atoms with Crippen LogP contribution < -0.4 is 5.32 Å². The molecule has 3 rings (SSSR count). The number of halogens is 3. The van der Waals surface area contributed by atoms with Crippen molar-refractivity contribution in [3.63, 3.8) is 0 Å². The molecule has 1 aliphatic rings. The van der Waals surface area contributed by atoms with Gasteiger partial charge >= 0.3 is 0 Å². The van der Waals surface area contributed by atoms with E-state index in [0.29, 0.717) is 12.6 Å². The number of anilines is 1. The number of rotatable bonds is 3. The largest absolute Gasteiger partial charge is 0.382 e. The topological polar surface area (TPSA) is 12.0 Å². The van der Waals surface area contributed by atoms with Crippen LogP contribution in [0.5, 0.6) is 0 Å². The minimum atomic E-state index is -1.17. The van der Waals surface area contributed by atoms with E-state index in [-0.39, 0.29) is 11.6 Å². The highest BCUT2D eigenvalue weighted by atomic mass is 19.2. The van der Waals surface area contributed by atoms with Crippen molar-refractivity contribution in [1.82, 2.24) is 0 Å². The van der Waals surface area contributed by atoms with E-state index in [0.717, 1.165) is 25.3 Å². The molecule has 0 spiro atoms. The summed E-state index contributed by atoms with van der Waals surface area (Å²) in [6, 6.07) is 9.66. The zero-order chi connectivity index (χ0) is 14.8. The Labute approximate surface area is 121 Å². The van der Waals surface area contributed by atoms with E-state index in [1.807, 2.05) is 12.1 Å². The molecule has 0 bridgehead atoms. The van der Waals surface area contributed by atoms with E-state index in [9.17, 15) is 13.2 Å². The molecule has 1 nitrogen and oxygen atoms in total. The normalized spacial score (nSPS) is 17.4. The summed E-state index contributed by atoms with van der Waals surface area (Å²) < 4.78 is 39.7. The fraction of sp³-hybridized carbons (Fsp3) is 0.294. The lowest BCUT2D eigenvalue weighted by atomic mass is 9.83. The van der Waals surface area contributed by atoms with Gasteiger partial charge in [-0.05, 0) is 30.4 Å². The third-order valence-electron chi connectivity index (χ3n) is 4.04. The monoisotopic (exact) mass is 291 g/mol. The van der Waals surface area contributed by atoms with E-state index < -0.39 is 17.5 Å². The van der Waals surface area contributed by atoms with Crippen LogP contribution in [0.2, 0.25) is 0 Å². The Morgan fingerprint density at radius 3 is 2.62 bits per heavy atom. The minimum absolute atomic E-state index is 0.0111. The van der Waals surface area contributed by atoms with Crippen molar-refractivity contribution in [3.8, 4) is 0 Å². The highest BCUT2D eigenvalue weighted by Crippen LogP contribution is 2.32. The van der Waals surface area contributed by atoms with Gasteiger partial charge in [0.15, 0.2) is 11.6 Å². The molecule has 0 aliphatic heterocycles. The number of benzene rings is 2. The summed E-state index contributed by atoms with van der Waals surface area (Å²) in [5, 5.41) is 2.91. The van der Waals surface area contributed by atoms with Crippen molar-refractivity contribution in [1.29, 1.82) is 0 Å². The number of aryl methyl sites for hydroxylation is 1. The molecule has 1 N–H and O–H groups in total. The summed E-state index contributed by atoms with van der Waals surface area (Å²) in [6.07, 6.45) is 3.16. The molecule has 1 atom stereocenters. The first-order chi connectivity index (χ1) is 10.1. The third-order valence-corrected chi connectivity index (χ3v) is 4.04. The molecule has 0 aromatic heterocycles. The summed E-state index contributed by atoms with van der Waals surface area (Å²) in [7, 11) is 0. The second-order valence-electron chi connectivity index (χ2n) is 5.42. The van der Waals surface area contributed by atoms with E-state index in [4.69, 9.17) is 0 Å². The Morgan fingerprint density at radius 1 is 1.00 bits per heavy atom. The highest BCUT2D eigenvalue weighted by Gasteiger charge is 2.20. The van der Waals surface area contributed by atoms with Crippen molar-refractivity contribution in [2.24, 2.45) is 0 Å². The average molecular weight is 291 g/mol. The van der Waals surface area contributed by atoms with Crippen molar-refractivity contribution < 1.29 is 13.2 Å². The quantitative estimate of drug-likeness (QED) is 0.813. The summed E-state index contributed by atoms with van der Waals surface area (Å²) in [6.45, 7) is 0.513. The van der Waals surface area contributed by atoms with Gasteiger partial charge in [-0.2, -0.15) is 0 Å². The van der Waals surface area contributed by atoms with Gasteiger partial charge in [0.2, 0.25) is 0 Å². The molecule has 110 valence electrons. The molecule has 21 heavy (non-hydrogen) atoms. The molecular formula is C17H16F3N. The molecule has 0 heterocycles. The summed E-state index contributed by atoms with van der Waals surface area (Å²) in [4.78, 5) is 0. The van der Waals surface area contributed by atoms with Crippen LogP contribution in [0.3, 0.4) is 0 Å². The first kappa shape index (κ1) is 14.0. The fourth-order valence-electron chi connectivity index (χ4n) is 2.96. The molecule has 0 radical (unpaired) electrons. The lowest BCUT2D eigenvalue weighted by molar-refractivity contribution is 0.495. The van der Waals surface area contributed by atoms with Crippen LogP contribution in [0.4, 0.5) is 18.9 Å². The van der Waals surface area contributed by atoms with Gasteiger partial charge in [0.05, 0.1) is 5.69 Å². The molecule has 1 unspecified atom stereocenters. The lowest BCUT2D eigenvalue weighted by Crippen LogP contribution is -2.18. The number of hydrogen-bond acceptors (Lipinski definition) is 1. The maximum Gasteiger partial charge on any atom is 0.161 e. The predicted molar refractivity (Wildman–Crippen MR) is 76.9 cm³/mol. The van der Waals surface area contributed by atoms with Crippen LogP contribution in [-0.2, 0) is 6.42 Å². The Kier molecular flexibility index (Phi) is 3.86. The standard InChI is InChI=1S/C17H16F3N/c18-14-8-16(20)17(9-15(14)19)21-10-12-6-3-5-11-4-1-2-7-13(11)12/h1-2,4,7-9,12,21H,3,5-6,10H2. The van der Waals surface area contributed by atoms with Crippen LogP contribution >= 0.6 is 0 Å². The highest BCUT2D eigenvalue weighted by molar-refractivity contribution is 5.46. The van der Waals surface area contributed by atoms with Gasteiger partial charge < -0.3 is 5.32 Å². The molecule has 1 aliphatic carbocycles. The second kappa shape index (κ2) is 5.80. The minimum Gasteiger partial charge on any atom is -0.382 e. The first-order valence-corrected chi connectivity index (χ1v) is 7.11. The molecule has 0 saturated heterocycles. The Bertz CT molecular complexity index is 654. The van der Waals surface area contributed by atoms with E-state index >= 15 is 0 Å². The molecule has 4 heteroatoms. The van der Waals surface area contributed by atoms with Crippen molar-refractivity contribution in [3.05, 3.63) is 65.0 Å². The molecule has 0 amide bonds. The fourth-order valence-corrected chi connectivity index (χ4v) is 2.96. The first-order valence-electron chi connectivity index (χ1n) is 7.11. The number of nitrogens with one attached hydrogen (secondary N) is 1. The summed E-state index contributed by atoms with van der Waals surface area (Å²) >= 11 is 0. The van der Waals surface area contributed by atoms with Crippen LogP contribution in [0.15, 0.2) is 36.4 Å². The van der Waals surface area contributed by atoms with Crippen molar-refractivity contribution in [2.45, 2.75) is 25.2 Å². The van der Waals surface area contributed by atoms with Gasteiger partial charge in [0, 0.05) is 24.6 Å². The number of hydrogen-bond donors (Lipinski definition) is 1. The van der Waals surface area contributed by atoms with Crippen molar-refractivity contribution in [2.75, 3.05) is 11.9 Å². The smallest absolute Gasteiger partial charge is 0.161 e. The van der Waals surface area contributed by atoms with Gasteiger partial charge in [0.25, 0.3) is 0 Å². The second-order valence-corrected chi connectivity index (χ2v) is 5.42. The van der Waals surface area contributed by atoms with Crippen LogP contribution in [-0.4, -0.2) is 6.54 Å². The van der Waals surface area contributed by atoms with Gasteiger partial charge in [-0.1, -0.05) is 24.3 Å².